The lowest BCUT2D eigenvalue weighted by atomic mass is 10.2. The standard InChI is InChI=1S/C23H25N5/c1-18(25-27(3)20-12-7-5-8-13-20)22-16-11-17-23(24-22)19(2)26-28(4)21-14-9-6-10-15-21/h5-17H,1-4H3/b25-18+,26-19+. The van der Waals surface area contributed by atoms with Crippen LogP contribution in [-0.4, -0.2) is 30.5 Å². The maximum Gasteiger partial charge on any atom is 0.0867 e. The summed E-state index contributed by atoms with van der Waals surface area (Å²) in [6.45, 7) is 3.93. The topological polar surface area (TPSA) is 44.1 Å². The second-order valence-electron chi connectivity index (χ2n) is 6.50. The van der Waals surface area contributed by atoms with Crippen molar-refractivity contribution >= 4 is 22.8 Å². The first-order valence-corrected chi connectivity index (χ1v) is 9.20. The number of para-hydroxylation sites is 2. The van der Waals surface area contributed by atoms with Crippen LogP contribution in [0.3, 0.4) is 0 Å². The predicted molar refractivity (Wildman–Crippen MR) is 118 cm³/mol. The van der Waals surface area contributed by atoms with Crippen molar-refractivity contribution in [3.05, 3.63) is 90.3 Å². The smallest absolute Gasteiger partial charge is 0.0867 e. The zero-order valence-electron chi connectivity index (χ0n) is 16.7. The van der Waals surface area contributed by atoms with Crippen molar-refractivity contribution in [1.82, 2.24) is 4.98 Å². The molecule has 2 aromatic carbocycles. The van der Waals surface area contributed by atoms with Gasteiger partial charge >= 0.3 is 0 Å². The largest absolute Gasteiger partial charge is 0.268 e. The lowest BCUT2D eigenvalue weighted by Gasteiger charge is -2.15. The van der Waals surface area contributed by atoms with E-state index in [1.807, 2.05) is 117 Å². The molecule has 1 aromatic heterocycles. The molecule has 0 aliphatic rings. The molecule has 142 valence electrons. The molecule has 0 bridgehead atoms. The molecular formula is C23H25N5. The van der Waals surface area contributed by atoms with Crippen molar-refractivity contribution in [3.8, 4) is 0 Å². The Morgan fingerprint density at radius 3 is 1.39 bits per heavy atom. The fourth-order valence-electron chi connectivity index (χ4n) is 2.79. The van der Waals surface area contributed by atoms with Gasteiger partial charge in [0, 0.05) is 14.1 Å². The number of rotatable bonds is 6. The maximum absolute atomic E-state index is 4.75. The first kappa shape index (κ1) is 19.3. The minimum Gasteiger partial charge on any atom is -0.268 e. The summed E-state index contributed by atoms with van der Waals surface area (Å²) in [7, 11) is 3.87. The van der Waals surface area contributed by atoms with E-state index >= 15 is 0 Å². The van der Waals surface area contributed by atoms with E-state index in [0.717, 1.165) is 34.2 Å². The molecule has 5 nitrogen and oxygen atoms in total. The number of pyridine rings is 1. The Morgan fingerprint density at radius 2 is 1.00 bits per heavy atom. The highest BCUT2D eigenvalue weighted by atomic mass is 15.4. The van der Waals surface area contributed by atoms with Gasteiger partial charge in [-0.3, -0.25) is 10.0 Å². The van der Waals surface area contributed by atoms with E-state index in [4.69, 9.17) is 4.98 Å². The predicted octanol–water partition coefficient (Wildman–Crippen LogP) is 4.80. The number of aromatic nitrogens is 1. The summed E-state index contributed by atoms with van der Waals surface area (Å²) in [4.78, 5) is 4.75. The summed E-state index contributed by atoms with van der Waals surface area (Å²) >= 11 is 0. The second kappa shape index (κ2) is 8.95. The van der Waals surface area contributed by atoms with Crippen molar-refractivity contribution in [2.24, 2.45) is 10.2 Å². The molecular weight excluding hydrogens is 346 g/mol. The van der Waals surface area contributed by atoms with Gasteiger partial charge in [-0.05, 0) is 50.2 Å². The molecule has 0 radical (unpaired) electrons. The first-order chi connectivity index (χ1) is 13.5. The summed E-state index contributed by atoms with van der Waals surface area (Å²) in [6, 6.07) is 26.0. The molecule has 3 aromatic rings. The quantitative estimate of drug-likeness (QED) is 0.462. The van der Waals surface area contributed by atoms with Crippen LogP contribution in [-0.2, 0) is 0 Å². The Morgan fingerprint density at radius 1 is 0.607 bits per heavy atom. The molecule has 0 saturated carbocycles. The molecule has 0 spiro atoms. The van der Waals surface area contributed by atoms with Gasteiger partial charge in [-0.1, -0.05) is 42.5 Å². The summed E-state index contributed by atoms with van der Waals surface area (Å²) in [6.07, 6.45) is 0. The van der Waals surface area contributed by atoms with Crippen LogP contribution >= 0.6 is 0 Å². The highest BCUT2D eigenvalue weighted by Crippen LogP contribution is 2.14. The van der Waals surface area contributed by atoms with Crippen LogP contribution in [0.2, 0.25) is 0 Å². The molecule has 0 aliphatic carbocycles. The number of nitrogens with zero attached hydrogens (tertiary/aromatic N) is 5. The molecule has 1 heterocycles. The van der Waals surface area contributed by atoms with Crippen LogP contribution in [0.15, 0.2) is 89.1 Å². The molecule has 0 saturated heterocycles. The number of hydrogen-bond donors (Lipinski definition) is 0. The summed E-state index contributed by atoms with van der Waals surface area (Å²) in [5.41, 5.74) is 5.41. The molecule has 5 heteroatoms. The van der Waals surface area contributed by atoms with Crippen LogP contribution < -0.4 is 10.0 Å². The van der Waals surface area contributed by atoms with Crippen molar-refractivity contribution in [3.63, 3.8) is 0 Å². The number of hydrogen-bond acceptors (Lipinski definition) is 5. The van der Waals surface area contributed by atoms with Gasteiger partial charge in [0.05, 0.1) is 34.2 Å². The Kier molecular flexibility index (Phi) is 6.17. The molecule has 0 aliphatic heterocycles. The summed E-state index contributed by atoms with van der Waals surface area (Å²) in [5, 5.41) is 13.0. The van der Waals surface area contributed by atoms with Crippen LogP contribution in [0.4, 0.5) is 11.4 Å². The molecule has 3 rings (SSSR count). The lowest BCUT2D eigenvalue weighted by molar-refractivity contribution is 1.00. The minimum atomic E-state index is 0.831. The molecule has 0 fully saturated rings. The number of hydrazone groups is 2. The highest BCUT2D eigenvalue weighted by molar-refractivity contribution is 6.01. The Labute approximate surface area is 166 Å². The third kappa shape index (κ3) is 4.82. The van der Waals surface area contributed by atoms with Gasteiger partial charge in [-0.2, -0.15) is 10.2 Å². The zero-order valence-corrected chi connectivity index (χ0v) is 16.7. The zero-order chi connectivity index (χ0) is 19.9. The van der Waals surface area contributed by atoms with E-state index in [-0.39, 0.29) is 0 Å². The SMILES string of the molecule is C/C(=N\N(C)c1ccccc1)c1cccc(/C(C)=N/N(C)c2ccccc2)n1. The fraction of sp³-hybridized carbons (Fsp3) is 0.174. The summed E-state index contributed by atoms with van der Waals surface area (Å²) in [5.74, 6) is 0. The van der Waals surface area contributed by atoms with E-state index in [9.17, 15) is 0 Å². The van der Waals surface area contributed by atoms with Gasteiger partial charge in [0.2, 0.25) is 0 Å². The van der Waals surface area contributed by atoms with Gasteiger partial charge in [-0.15, -0.1) is 0 Å². The third-order valence-electron chi connectivity index (χ3n) is 4.35. The van der Waals surface area contributed by atoms with Gasteiger partial charge in [-0.25, -0.2) is 4.98 Å². The first-order valence-electron chi connectivity index (χ1n) is 9.20. The van der Waals surface area contributed by atoms with Gasteiger partial charge in [0.15, 0.2) is 0 Å². The van der Waals surface area contributed by atoms with Gasteiger partial charge in [0.25, 0.3) is 0 Å². The van der Waals surface area contributed by atoms with E-state index in [1.54, 1.807) is 0 Å². The van der Waals surface area contributed by atoms with Gasteiger partial charge < -0.3 is 0 Å². The summed E-state index contributed by atoms with van der Waals surface area (Å²) < 4.78 is 0. The van der Waals surface area contributed by atoms with Crippen LogP contribution in [0.25, 0.3) is 0 Å². The van der Waals surface area contributed by atoms with Crippen molar-refractivity contribution < 1.29 is 0 Å². The van der Waals surface area contributed by atoms with Gasteiger partial charge in [0.1, 0.15) is 0 Å². The Hall–Kier alpha value is -3.47. The highest BCUT2D eigenvalue weighted by Gasteiger charge is 2.07. The van der Waals surface area contributed by atoms with E-state index in [2.05, 4.69) is 10.2 Å². The van der Waals surface area contributed by atoms with E-state index in [1.165, 1.54) is 0 Å². The Balaban J connectivity index is 1.81. The van der Waals surface area contributed by atoms with Crippen LogP contribution in [0, 0.1) is 0 Å². The molecule has 0 atom stereocenters. The maximum atomic E-state index is 4.75. The van der Waals surface area contributed by atoms with Crippen molar-refractivity contribution in [2.45, 2.75) is 13.8 Å². The Bertz CT molecular complexity index is 888. The monoisotopic (exact) mass is 371 g/mol. The lowest BCUT2D eigenvalue weighted by Crippen LogP contribution is -2.15. The fourth-order valence-corrected chi connectivity index (χ4v) is 2.79. The van der Waals surface area contributed by atoms with Crippen molar-refractivity contribution in [2.75, 3.05) is 24.1 Å². The van der Waals surface area contributed by atoms with E-state index < -0.39 is 0 Å². The molecule has 0 amide bonds. The average Bonchev–Trinajstić information content (AvgIpc) is 2.75. The minimum absolute atomic E-state index is 0.831. The van der Waals surface area contributed by atoms with E-state index in [0.29, 0.717) is 0 Å². The average molecular weight is 371 g/mol. The second-order valence-corrected chi connectivity index (χ2v) is 6.50. The molecule has 0 unspecified atom stereocenters. The molecule has 0 N–H and O–H groups in total. The number of anilines is 2. The van der Waals surface area contributed by atoms with Crippen molar-refractivity contribution in [1.29, 1.82) is 0 Å². The van der Waals surface area contributed by atoms with Crippen LogP contribution in [0.5, 0.6) is 0 Å². The number of benzene rings is 2. The normalized spacial score (nSPS) is 12.0. The molecule has 28 heavy (non-hydrogen) atoms. The van der Waals surface area contributed by atoms with Crippen LogP contribution in [0.1, 0.15) is 25.2 Å². The third-order valence-corrected chi connectivity index (χ3v) is 4.35.